The molecule has 0 bridgehead atoms. The second kappa shape index (κ2) is 6.69. The zero-order valence-electron chi connectivity index (χ0n) is 10.9. The van der Waals surface area contributed by atoms with Crippen LogP contribution in [0.4, 0.5) is 0 Å². The molecule has 0 aliphatic carbocycles. The second-order valence-corrected chi connectivity index (χ2v) is 3.63. The number of aliphatic carboxylic acids is 1. The van der Waals surface area contributed by atoms with E-state index >= 15 is 0 Å². The Morgan fingerprint density at radius 2 is 1.83 bits per heavy atom. The molecule has 0 aliphatic heterocycles. The Bertz CT molecular complexity index is 432. The van der Waals surface area contributed by atoms with Crippen molar-refractivity contribution in [2.24, 2.45) is 0 Å². The van der Waals surface area contributed by atoms with Crippen LogP contribution in [0.2, 0.25) is 0 Å². The minimum Gasteiger partial charge on any atom is -0.497 e. The summed E-state index contributed by atoms with van der Waals surface area (Å²) in [5, 5.41) is 9.17. The van der Waals surface area contributed by atoms with Gasteiger partial charge in [-0.3, -0.25) is 0 Å². The van der Waals surface area contributed by atoms with Gasteiger partial charge in [-0.25, -0.2) is 4.79 Å². The standard InChI is InChI=1S/C14H18O4/c1-4-12(14(15)16)13(18-5-2)10-6-8-11(17-3)9-7-10/h6-9H,4-5H2,1-3H3,(H,15,16). The van der Waals surface area contributed by atoms with Crippen LogP contribution in [0.3, 0.4) is 0 Å². The third-order valence-electron chi connectivity index (χ3n) is 2.53. The highest BCUT2D eigenvalue weighted by molar-refractivity contribution is 5.94. The molecule has 1 rings (SSSR count). The van der Waals surface area contributed by atoms with Crippen molar-refractivity contribution < 1.29 is 19.4 Å². The molecular formula is C14H18O4. The van der Waals surface area contributed by atoms with E-state index in [1.165, 1.54) is 0 Å². The maximum absolute atomic E-state index is 11.2. The first-order chi connectivity index (χ1) is 8.63. The summed E-state index contributed by atoms with van der Waals surface area (Å²) in [5.74, 6) is 0.204. The van der Waals surface area contributed by atoms with Gasteiger partial charge < -0.3 is 14.6 Å². The number of carbonyl (C=O) groups is 1. The van der Waals surface area contributed by atoms with Crippen LogP contribution in [-0.2, 0) is 9.53 Å². The largest absolute Gasteiger partial charge is 0.497 e. The van der Waals surface area contributed by atoms with Gasteiger partial charge in [-0.15, -0.1) is 0 Å². The average Bonchev–Trinajstić information content (AvgIpc) is 2.38. The van der Waals surface area contributed by atoms with Crippen LogP contribution in [0.15, 0.2) is 29.8 Å². The molecule has 0 spiro atoms. The SMILES string of the molecule is CCOC(=C(CC)C(=O)O)c1ccc(OC)cc1. The van der Waals surface area contributed by atoms with Gasteiger partial charge in [0.1, 0.15) is 11.5 Å². The Balaban J connectivity index is 3.21. The molecule has 0 radical (unpaired) electrons. The number of carboxylic acid groups (broad SMARTS) is 1. The van der Waals surface area contributed by atoms with Gasteiger partial charge in [0, 0.05) is 5.56 Å². The van der Waals surface area contributed by atoms with Gasteiger partial charge in [0.15, 0.2) is 0 Å². The summed E-state index contributed by atoms with van der Waals surface area (Å²) >= 11 is 0. The zero-order chi connectivity index (χ0) is 13.5. The van der Waals surface area contributed by atoms with Crippen molar-refractivity contribution in [2.45, 2.75) is 20.3 Å². The van der Waals surface area contributed by atoms with E-state index in [-0.39, 0.29) is 5.57 Å². The average molecular weight is 250 g/mol. The van der Waals surface area contributed by atoms with Gasteiger partial charge in [0.05, 0.1) is 19.3 Å². The van der Waals surface area contributed by atoms with Crippen LogP contribution in [0, 0.1) is 0 Å². The molecule has 1 aromatic carbocycles. The van der Waals surface area contributed by atoms with Crippen molar-refractivity contribution in [3.63, 3.8) is 0 Å². The molecular weight excluding hydrogens is 232 g/mol. The summed E-state index contributed by atoms with van der Waals surface area (Å²) in [6, 6.07) is 7.15. The minimum absolute atomic E-state index is 0.280. The first-order valence-electron chi connectivity index (χ1n) is 5.87. The number of rotatable bonds is 6. The van der Waals surface area contributed by atoms with E-state index in [1.54, 1.807) is 38.3 Å². The van der Waals surface area contributed by atoms with Crippen LogP contribution in [0.5, 0.6) is 5.75 Å². The Labute approximate surface area is 107 Å². The fraction of sp³-hybridized carbons (Fsp3) is 0.357. The Kier molecular flexibility index (Phi) is 5.24. The van der Waals surface area contributed by atoms with Gasteiger partial charge in [0.2, 0.25) is 0 Å². The Morgan fingerprint density at radius 3 is 2.22 bits per heavy atom. The number of hydrogen-bond donors (Lipinski definition) is 1. The van der Waals surface area contributed by atoms with Crippen LogP contribution in [0.1, 0.15) is 25.8 Å². The normalized spacial score (nSPS) is 11.7. The minimum atomic E-state index is -0.947. The molecule has 0 fully saturated rings. The number of carboxylic acids is 1. The first-order valence-corrected chi connectivity index (χ1v) is 5.87. The third-order valence-corrected chi connectivity index (χ3v) is 2.53. The molecule has 4 heteroatoms. The highest BCUT2D eigenvalue weighted by atomic mass is 16.5. The molecule has 0 amide bonds. The second-order valence-electron chi connectivity index (χ2n) is 3.63. The number of hydrogen-bond acceptors (Lipinski definition) is 3. The van der Waals surface area contributed by atoms with Crippen molar-refractivity contribution in [1.29, 1.82) is 0 Å². The molecule has 0 atom stereocenters. The summed E-state index contributed by atoms with van der Waals surface area (Å²) in [5.41, 5.74) is 1.03. The molecule has 0 saturated heterocycles. The highest BCUT2D eigenvalue weighted by Crippen LogP contribution is 2.24. The molecule has 1 aromatic rings. The molecule has 1 N–H and O–H groups in total. The van der Waals surface area contributed by atoms with Crippen molar-refractivity contribution in [3.05, 3.63) is 35.4 Å². The van der Waals surface area contributed by atoms with Crippen molar-refractivity contribution in [2.75, 3.05) is 13.7 Å². The van der Waals surface area contributed by atoms with Gasteiger partial charge >= 0.3 is 5.97 Å². The zero-order valence-corrected chi connectivity index (χ0v) is 10.9. The molecule has 0 heterocycles. The fourth-order valence-electron chi connectivity index (χ4n) is 1.64. The molecule has 18 heavy (non-hydrogen) atoms. The van der Waals surface area contributed by atoms with E-state index in [9.17, 15) is 4.79 Å². The van der Waals surface area contributed by atoms with E-state index in [1.807, 2.05) is 6.92 Å². The van der Waals surface area contributed by atoms with E-state index in [0.29, 0.717) is 18.8 Å². The third kappa shape index (κ3) is 3.26. The highest BCUT2D eigenvalue weighted by Gasteiger charge is 2.15. The predicted molar refractivity (Wildman–Crippen MR) is 69.5 cm³/mol. The molecule has 0 unspecified atom stereocenters. The fourth-order valence-corrected chi connectivity index (χ4v) is 1.64. The number of methoxy groups -OCH3 is 1. The van der Waals surface area contributed by atoms with Gasteiger partial charge in [-0.05, 0) is 37.6 Å². The Morgan fingerprint density at radius 1 is 1.22 bits per heavy atom. The lowest BCUT2D eigenvalue weighted by molar-refractivity contribution is -0.132. The molecule has 0 aromatic heterocycles. The van der Waals surface area contributed by atoms with Gasteiger partial charge in [-0.2, -0.15) is 0 Å². The van der Waals surface area contributed by atoms with Crippen LogP contribution < -0.4 is 4.74 Å². The quantitative estimate of drug-likeness (QED) is 0.623. The summed E-state index contributed by atoms with van der Waals surface area (Å²) in [4.78, 5) is 11.2. The van der Waals surface area contributed by atoms with Crippen LogP contribution in [0.25, 0.3) is 5.76 Å². The topological polar surface area (TPSA) is 55.8 Å². The van der Waals surface area contributed by atoms with E-state index in [0.717, 1.165) is 11.3 Å². The molecule has 4 nitrogen and oxygen atoms in total. The summed E-state index contributed by atoms with van der Waals surface area (Å²) in [6.07, 6.45) is 0.413. The summed E-state index contributed by atoms with van der Waals surface area (Å²) in [7, 11) is 1.59. The lowest BCUT2D eigenvalue weighted by Crippen LogP contribution is -2.06. The van der Waals surface area contributed by atoms with Crippen LogP contribution >= 0.6 is 0 Å². The molecule has 98 valence electrons. The Hall–Kier alpha value is -1.97. The maximum Gasteiger partial charge on any atom is 0.335 e. The lowest BCUT2D eigenvalue weighted by Gasteiger charge is -2.13. The van der Waals surface area contributed by atoms with Gasteiger partial charge in [-0.1, -0.05) is 6.92 Å². The molecule has 0 saturated carbocycles. The smallest absolute Gasteiger partial charge is 0.335 e. The maximum atomic E-state index is 11.2. The summed E-state index contributed by atoms with van der Waals surface area (Å²) < 4.78 is 10.5. The first kappa shape index (κ1) is 14.1. The molecule has 0 aliphatic rings. The van der Waals surface area contributed by atoms with Crippen molar-refractivity contribution in [3.8, 4) is 5.75 Å². The number of benzene rings is 1. The summed E-state index contributed by atoms with van der Waals surface area (Å²) in [6.45, 7) is 4.06. The van der Waals surface area contributed by atoms with Crippen molar-refractivity contribution >= 4 is 11.7 Å². The van der Waals surface area contributed by atoms with E-state index < -0.39 is 5.97 Å². The lowest BCUT2D eigenvalue weighted by atomic mass is 10.1. The number of ether oxygens (including phenoxy) is 2. The predicted octanol–water partition coefficient (Wildman–Crippen LogP) is 2.94. The van der Waals surface area contributed by atoms with E-state index in [2.05, 4.69) is 0 Å². The monoisotopic (exact) mass is 250 g/mol. The van der Waals surface area contributed by atoms with Crippen LogP contribution in [-0.4, -0.2) is 24.8 Å². The van der Waals surface area contributed by atoms with E-state index in [4.69, 9.17) is 14.6 Å². The van der Waals surface area contributed by atoms with Gasteiger partial charge in [0.25, 0.3) is 0 Å². The van der Waals surface area contributed by atoms with Crippen molar-refractivity contribution in [1.82, 2.24) is 0 Å².